The van der Waals surface area contributed by atoms with E-state index in [2.05, 4.69) is 0 Å². The molecule has 1 aliphatic carbocycles. The maximum atomic E-state index is 12.7. The average molecular weight is 364 g/mol. The van der Waals surface area contributed by atoms with E-state index in [9.17, 15) is 9.59 Å². The number of carbonyl (C=O) groups is 2. The van der Waals surface area contributed by atoms with Gasteiger partial charge in [0, 0.05) is 6.07 Å². The minimum absolute atomic E-state index is 0.0104. The van der Waals surface area contributed by atoms with E-state index in [1.54, 1.807) is 18.2 Å². The summed E-state index contributed by atoms with van der Waals surface area (Å²) in [5.41, 5.74) is 2.08. The van der Waals surface area contributed by atoms with Crippen molar-refractivity contribution in [2.24, 2.45) is 5.92 Å². The second-order valence-electron chi connectivity index (χ2n) is 6.75. The van der Waals surface area contributed by atoms with Gasteiger partial charge in [0.05, 0.1) is 18.1 Å². The summed E-state index contributed by atoms with van der Waals surface area (Å²) in [5, 5.41) is 0. The summed E-state index contributed by atoms with van der Waals surface area (Å²) >= 11 is 0. The highest BCUT2D eigenvalue weighted by molar-refractivity contribution is 6.15. The molecule has 4 rings (SSSR count). The van der Waals surface area contributed by atoms with Crippen molar-refractivity contribution in [1.29, 1.82) is 0 Å². The van der Waals surface area contributed by atoms with Crippen LogP contribution in [0.15, 0.2) is 42.2 Å². The van der Waals surface area contributed by atoms with E-state index in [-0.39, 0.29) is 23.4 Å². The number of fused-ring (bicyclic) bond motifs is 1. The van der Waals surface area contributed by atoms with Gasteiger partial charge in [-0.15, -0.1) is 0 Å². The van der Waals surface area contributed by atoms with Crippen molar-refractivity contribution in [3.8, 4) is 17.2 Å². The van der Waals surface area contributed by atoms with Gasteiger partial charge in [-0.25, -0.2) is 0 Å². The van der Waals surface area contributed by atoms with Gasteiger partial charge in [-0.2, -0.15) is 0 Å². The molecule has 1 saturated carbocycles. The van der Waals surface area contributed by atoms with Crippen LogP contribution in [0.2, 0.25) is 0 Å². The molecule has 5 nitrogen and oxygen atoms in total. The summed E-state index contributed by atoms with van der Waals surface area (Å²) < 4.78 is 16.6. The topological polar surface area (TPSA) is 61.8 Å². The first-order valence-electron chi connectivity index (χ1n) is 9.08. The van der Waals surface area contributed by atoms with Crippen LogP contribution in [0.3, 0.4) is 0 Å². The number of ether oxygens (including phenoxy) is 3. The summed E-state index contributed by atoms with van der Waals surface area (Å²) in [5.74, 6) is 1.49. The molecule has 0 radical (unpaired) electrons. The van der Waals surface area contributed by atoms with E-state index < -0.39 is 0 Å². The Morgan fingerprint density at radius 1 is 1.19 bits per heavy atom. The monoisotopic (exact) mass is 364 g/mol. The van der Waals surface area contributed by atoms with Crippen molar-refractivity contribution in [2.75, 3.05) is 6.61 Å². The number of ketones is 1. The van der Waals surface area contributed by atoms with E-state index in [1.165, 1.54) is 0 Å². The number of esters is 1. The predicted octanol–water partition coefficient (Wildman–Crippen LogP) is 4.33. The number of aryl methyl sites for hydroxylation is 1. The summed E-state index contributed by atoms with van der Waals surface area (Å²) in [4.78, 5) is 24.6. The zero-order valence-electron chi connectivity index (χ0n) is 15.3. The lowest BCUT2D eigenvalue weighted by Crippen LogP contribution is -2.10. The minimum atomic E-state index is -0.219. The van der Waals surface area contributed by atoms with Crippen molar-refractivity contribution in [3.63, 3.8) is 0 Å². The number of Topliss-reactive ketones (excluding diaryl/α,β-unsaturated/α-hetero) is 1. The third-order valence-electron chi connectivity index (χ3n) is 4.56. The maximum Gasteiger partial charge on any atom is 0.314 e. The molecular formula is C22H20O5. The fourth-order valence-corrected chi connectivity index (χ4v) is 3.03. The number of hydrogen-bond donors (Lipinski definition) is 0. The maximum absolute atomic E-state index is 12.7. The lowest BCUT2D eigenvalue weighted by Gasteiger charge is -2.07. The summed E-state index contributed by atoms with van der Waals surface area (Å²) in [6, 6.07) is 10.8. The highest BCUT2D eigenvalue weighted by atomic mass is 16.5. The molecule has 0 N–H and O–H groups in total. The van der Waals surface area contributed by atoms with Crippen LogP contribution in [-0.2, 0) is 4.79 Å². The van der Waals surface area contributed by atoms with E-state index in [0.717, 1.165) is 29.7 Å². The Morgan fingerprint density at radius 3 is 2.59 bits per heavy atom. The molecule has 0 saturated heterocycles. The quantitative estimate of drug-likeness (QED) is 0.449. The first kappa shape index (κ1) is 17.3. The van der Waals surface area contributed by atoms with Crippen molar-refractivity contribution >= 4 is 17.8 Å². The molecular weight excluding hydrogens is 344 g/mol. The second kappa shape index (κ2) is 6.91. The normalized spacial score (nSPS) is 16.8. The highest BCUT2D eigenvalue weighted by Crippen LogP contribution is 2.38. The minimum Gasteiger partial charge on any atom is -0.494 e. The largest absolute Gasteiger partial charge is 0.494 e. The van der Waals surface area contributed by atoms with Gasteiger partial charge in [-0.1, -0.05) is 12.1 Å². The van der Waals surface area contributed by atoms with Crippen LogP contribution in [0.25, 0.3) is 6.08 Å². The average Bonchev–Trinajstić information content (AvgIpc) is 3.43. The Kier molecular flexibility index (Phi) is 4.44. The first-order chi connectivity index (χ1) is 13.0. The standard InChI is InChI=1S/C22H20O5/c1-3-25-16-8-4-14(5-9-16)11-19-21(23)20-13(2)10-17(12-18(20)27-19)26-22(24)15-6-7-15/h4-5,8-12,15H,3,6-7H2,1-2H3/b19-11-. The van der Waals surface area contributed by atoms with E-state index in [0.29, 0.717) is 23.7 Å². The lowest BCUT2D eigenvalue weighted by molar-refractivity contribution is -0.135. The van der Waals surface area contributed by atoms with Gasteiger partial charge in [-0.05, 0) is 62.1 Å². The molecule has 0 aromatic heterocycles. The van der Waals surface area contributed by atoms with Crippen molar-refractivity contribution in [3.05, 3.63) is 58.8 Å². The highest BCUT2D eigenvalue weighted by Gasteiger charge is 2.33. The molecule has 138 valence electrons. The molecule has 2 aromatic carbocycles. The summed E-state index contributed by atoms with van der Waals surface area (Å²) in [6.07, 6.45) is 3.47. The van der Waals surface area contributed by atoms with E-state index in [4.69, 9.17) is 14.2 Å². The van der Waals surface area contributed by atoms with Gasteiger partial charge in [0.1, 0.15) is 17.2 Å². The second-order valence-corrected chi connectivity index (χ2v) is 6.75. The summed E-state index contributed by atoms with van der Waals surface area (Å²) in [7, 11) is 0. The fourth-order valence-electron chi connectivity index (χ4n) is 3.03. The lowest BCUT2D eigenvalue weighted by atomic mass is 10.0. The zero-order valence-corrected chi connectivity index (χ0v) is 15.3. The van der Waals surface area contributed by atoms with Crippen molar-refractivity contribution in [1.82, 2.24) is 0 Å². The Morgan fingerprint density at radius 2 is 1.93 bits per heavy atom. The third-order valence-corrected chi connectivity index (χ3v) is 4.56. The molecule has 0 unspecified atom stereocenters. The van der Waals surface area contributed by atoms with Gasteiger partial charge in [-0.3, -0.25) is 9.59 Å². The number of carbonyl (C=O) groups excluding carboxylic acids is 2. The molecule has 1 aliphatic heterocycles. The molecule has 5 heteroatoms. The van der Waals surface area contributed by atoms with Crippen LogP contribution in [0, 0.1) is 12.8 Å². The van der Waals surface area contributed by atoms with Crippen LogP contribution < -0.4 is 14.2 Å². The van der Waals surface area contributed by atoms with E-state index in [1.807, 2.05) is 38.1 Å². The molecule has 1 fully saturated rings. The SMILES string of the molecule is CCOc1ccc(/C=C2\Oc3cc(OC(=O)C4CC4)cc(C)c3C2=O)cc1. The van der Waals surface area contributed by atoms with Crippen LogP contribution >= 0.6 is 0 Å². The first-order valence-corrected chi connectivity index (χ1v) is 9.08. The molecule has 0 atom stereocenters. The molecule has 0 amide bonds. The van der Waals surface area contributed by atoms with Crippen LogP contribution in [0.1, 0.15) is 41.3 Å². The number of rotatable bonds is 5. The van der Waals surface area contributed by atoms with Crippen LogP contribution in [-0.4, -0.2) is 18.4 Å². The number of allylic oxidation sites excluding steroid dienone is 1. The zero-order chi connectivity index (χ0) is 19.0. The molecule has 2 aromatic rings. The Balaban J connectivity index is 1.57. The van der Waals surface area contributed by atoms with Crippen LogP contribution in [0.4, 0.5) is 0 Å². The summed E-state index contributed by atoms with van der Waals surface area (Å²) in [6.45, 7) is 4.34. The van der Waals surface area contributed by atoms with Crippen molar-refractivity contribution < 1.29 is 23.8 Å². The molecule has 27 heavy (non-hydrogen) atoms. The Labute approximate surface area is 157 Å². The van der Waals surface area contributed by atoms with Gasteiger partial charge >= 0.3 is 5.97 Å². The third kappa shape index (κ3) is 3.58. The van der Waals surface area contributed by atoms with Crippen molar-refractivity contribution in [2.45, 2.75) is 26.7 Å². The van der Waals surface area contributed by atoms with Gasteiger partial charge < -0.3 is 14.2 Å². The van der Waals surface area contributed by atoms with E-state index >= 15 is 0 Å². The number of benzene rings is 2. The Bertz CT molecular complexity index is 936. The van der Waals surface area contributed by atoms with Gasteiger partial charge in [0.15, 0.2) is 5.76 Å². The Hall–Kier alpha value is -3.08. The molecule has 2 aliphatic rings. The molecule has 0 spiro atoms. The fraction of sp³-hybridized carbons (Fsp3) is 0.273. The van der Waals surface area contributed by atoms with Gasteiger partial charge in [0.25, 0.3) is 0 Å². The number of hydrogen-bond acceptors (Lipinski definition) is 5. The predicted molar refractivity (Wildman–Crippen MR) is 100 cm³/mol. The van der Waals surface area contributed by atoms with Gasteiger partial charge in [0.2, 0.25) is 5.78 Å². The smallest absolute Gasteiger partial charge is 0.314 e. The molecule has 0 bridgehead atoms. The molecule has 1 heterocycles. The van der Waals surface area contributed by atoms with Crippen LogP contribution in [0.5, 0.6) is 17.2 Å².